The van der Waals surface area contributed by atoms with Crippen molar-refractivity contribution in [1.82, 2.24) is 0 Å². The molecule has 2 unspecified atom stereocenters. The van der Waals surface area contributed by atoms with E-state index in [-0.39, 0.29) is 17.0 Å². The molecule has 112 valence electrons. The van der Waals surface area contributed by atoms with Crippen molar-refractivity contribution in [2.24, 2.45) is 11.8 Å². The number of allylic oxidation sites excluding steroid dienone is 2. The molecule has 0 bridgehead atoms. The molecule has 0 saturated heterocycles. The molecule has 2 atom stereocenters. The molecule has 5 nitrogen and oxygen atoms in total. The maximum absolute atomic E-state index is 11.4. The van der Waals surface area contributed by atoms with Gasteiger partial charge in [0.25, 0.3) is 5.69 Å². The quantitative estimate of drug-likeness (QED) is 0.358. The van der Waals surface area contributed by atoms with Crippen LogP contribution in [0.5, 0.6) is 5.75 Å². The summed E-state index contributed by atoms with van der Waals surface area (Å²) in [6.45, 7) is 4.03. The number of nitro benzene ring substituents is 1. The third-order valence-electron chi connectivity index (χ3n) is 3.93. The molecule has 1 aromatic rings. The molecule has 0 fully saturated rings. The third-order valence-corrected chi connectivity index (χ3v) is 3.93. The summed E-state index contributed by atoms with van der Waals surface area (Å²) in [4.78, 5) is 21.9. The lowest BCUT2D eigenvalue weighted by Gasteiger charge is -2.25. The standard InChI is InChI=1S/C16H19NO4/c1-11-5-3-4-6-13(11)10-21-14-7-8-15(12(2)18)16(9-14)17(19)20/h3-4,7-9,11,13H,5-6,10H2,1-2H3. The van der Waals surface area contributed by atoms with E-state index in [2.05, 4.69) is 19.1 Å². The lowest BCUT2D eigenvalue weighted by Crippen LogP contribution is -2.21. The Morgan fingerprint density at radius 1 is 1.38 bits per heavy atom. The molecule has 0 spiro atoms. The zero-order chi connectivity index (χ0) is 15.4. The first-order valence-electron chi connectivity index (χ1n) is 7.06. The van der Waals surface area contributed by atoms with Crippen LogP contribution in [-0.2, 0) is 0 Å². The van der Waals surface area contributed by atoms with Crippen LogP contribution in [0.2, 0.25) is 0 Å². The number of benzene rings is 1. The molecular formula is C16H19NO4. The normalized spacial score (nSPS) is 21.0. The first-order valence-corrected chi connectivity index (χ1v) is 7.06. The summed E-state index contributed by atoms with van der Waals surface area (Å²) < 4.78 is 5.69. The molecule has 0 aliphatic heterocycles. The van der Waals surface area contributed by atoms with Gasteiger partial charge in [-0.25, -0.2) is 0 Å². The van der Waals surface area contributed by atoms with Crippen molar-refractivity contribution >= 4 is 11.5 Å². The van der Waals surface area contributed by atoms with Gasteiger partial charge in [-0.2, -0.15) is 0 Å². The van der Waals surface area contributed by atoms with Gasteiger partial charge in [0.05, 0.1) is 23.2 Å². The fourth-order valence-electron chi connectivity index (χ4n) is 2.49. The highest BCUT2D eigenvalue weighted by Crippen LogP contribution is 2.28. The molecule has 1 aromatic carbocycles. The van der Waals surface area contributed by atoms with Crippen LogP contribution in [0.15, 0.2) is 30.4 Å². The monoisotopic (exact) mass is 289 g/mol. The van der Waals surface area contributed by atoms with Crippen LogP contribution in [0.25, 0.3) is 0 Å². The van der Waals surface area contributed by atoms with E-state index < -0.39 is 4.92 Å². The summed E-state index contributed by atoms with van der Waals surface area (Å²) in [5.41, 5.74) is -0.0853. The van der Waals surface area contributed by atoms with Gasteiger partial charge in [-0.05, 0) is 43.7 Å². The Labute approximate surface area is 123 Å². The van der Waals surface area contributed by atoms with E-state index in [0.29, 0.717) is 24.2 Å². The summed E-state index contributed by atoms with van der Waals surface area (Å²) in [6, 6.07) is 4.41. The lowest BCUT2D eigenvalue weighted by atomic mass is 9.85. The van der Waals surface area contributed by atoms with E-state index in [1.54, 1.807) is 6.07 Å². The number of ketones is 1. The molecule has 0 N–H and O–H groups in total. The number of carbonyl (C=O) groups excluding carboxylic acids is 1. The van der Waals surface area contributed by atoms with E-state index in [1.807, 2.05) is 0 Å². The summed E-state index contributed by atoms with van der Waals surface area (Å²) in [7, 11) is 0. The van der Waals surface area contributed by atoms with Crippen molar-refractivity contribution in [3.05, 3.63) is 46.0 Å². The van der Waals surface area contributed by atoms with E-state index >= 15 is 0 Å². The number of rotatable bonds is 5. The van der Waals surface area contributed by atoms with Gasteiger partial charge in [0.15, 0.2) is 5.78 Å². The SMILES string of the molecule is CC(=O)c1ccc(OCC2CC=CCC2C)cc1[N+](=O)[O-]. The average molecular weight is 289 g/mol. The van der Waals surface area contributed by atoms with Crippen molar-refractivity contribution in [3.63, 3.8) is 0 Å². The van der Waals surface area contributed by atoms with Gasteiger partial charge >= 0.3 is 0 Å². The van der Waals surface area contributed by atoms with E-state index in [1.165, 1.54) is 19.1 Å². The number of nitro groups is 1. The van der Waals surface area contributed by atoms with Crippen LogP contribution in [0.1, 0.15) is 37.0 Å². The minimum absolute atomic E-state index is 0.112. The number of hydrogen-bond donors (Lipinski definition) is 0. The molecule has 0 heterocycles. The van der Waals surface area contributed by atoms with Crippen LogP contribution in [0.3, 0.4) is 0 Å². The predicted octanol–water partition coefficient (Wildman–Crippen LogP) is 3.78. The van der Waals surface area contributed by atoms with Gasteiger partial charge in [-0.15, -0.1) is 0 Å². The van der Waals surface area contributed by atoms with Crippen molar-refractivity contribution in [2.45, 2.75) is 26.7 Å². The van der Waals surface area contributed by atoms with Gasteiger partial charge in [0, 0.05) is 0 Å². The van der Waals surface area contributed by atoms with Gasteiger partial charge in [-0.1, -0.05) is 19.1 Å². The highest BCUT2D eigenvalue weighted by molar-refractivity contribution is 5.98. The van der Waals surface area contributed by atoms with Crippen LogP contribution in [0, 0.1) is 22.0 Å². The second kappa shape index (κ2) is 6.52. The Bertz CT molecular complexity index is 580. The first kappa shape index (κ1) is 15.2. The van der Waals surface area contributed by atoms with E-state index in [0.717, 1.165) is 12.8 Å². The van der Waals surface area contributed by atoms with Crippen LogP contribution < -0.4 is 4.74 Å². The number of Topliss-reactive ketones (excluding diaryl/α,β-unsaturated/α-hetero) is 1. The van der Waals surface area contributed by atoms with E-state index in [4.69, 9.17) is 4.74 Å². The minimum atomic E-state index is -0.546. The van der Waals surface area contributed by atoms with Gasteiger partial charge in [0.1, 0.15) is 5.75 Å². The largest absolute Gasteiger partial charge is 0.493 e. The molecule has 0 radical (unpaired) electrons. The molecule has 2 rings (SSSR count). The highest BCUT2D eigenvalue weighted by atomic mass is 16.6. The highest BCUT2D eigenvalue weighted by Gasteiger charge is 2.21. The smallest absolute Gasteiger partial charge is 0.283 e. The Morgan fingerprint density at radius 3 is 2.71 bits per heavy atom. The molecule has 0 amide bonds. The average Bonchev–Trinajstić information content (AvgIpc) is 2.46. The zero-order valence-electron chi connectivity index (χ0n) is 12.2. The number of nitrogens with zero attached hydrogens (tertiary/aromatic N) is 1. The van der Waals surface area contributed by atoms with Gasteiger partial charge in [0.2, 0.25) is 0 Å². The summed E-state index contributed by atoms with van der Waals surface area (Å²) in [5.74, 6) is 1.08. The minimum Gasteiger partial charge on any atom is -0.493 e. The number of carbonyl (C=O) groups is 1. The molecule has 0 aromatic heterocycles. The first-order chi connectivity index (χ1) is 9.99. The van der Waals surface area contributed by atoms with Gasteiger partial charge < -0.3 is 4.74 Å². The summed E-state index contributed by atoms with van der Waals surface area (Å²) in [5, 5.41) is 11.0. The Balaban J connectivity index is 2.10. The number of hydrogen-bond acceptors (Lipinski definition) is 4. The van der Waals surface area contributed by atoms with Crippen LogP contribution in [0.4, 0.5) is 5.69 Å². The van der Waals surface area contributed by atoms with Crippen molar-refractivity contribution in [2.75, 3.05) is 6.61 Å². The van der Waals surface area contributed by atoms with Crippen molar-refractivity contribution in [3.8, 4) is 5.75 Å². The molecule has 1 aliphatic carbocycles. The lowest BCUT2D eigenvalue weighted by molar-refractivity contribution is -0.385. The maximum Gasteiger partial charge on any atom is 0.283 e. The van der Waals surface area contributed by atoms with E-state index in [9.17, 15) is 14.9 Å². The summed E-state index contributed by atoms with van der Waals surface area (Å²) in [6.07, 6.45) is 6.33. The molecule has 1 aliphatic rings. The fraction of sp³-hybridized carbons (Fsp3) is 0.438. The number of ether oxygens (including phenoxy) is 1. The predicted molar refractivity (Wildman–Crippen MR) is 79.6 cm³/mol. The Hall–Kier alpha value is -2.17. The third kappa shape index (κ3) is 3.68. The van der Waals surface area contributed by atoms with Crippen LogP contribution >= 0.6 is 0 Å². The van der Waals surface area contributed by atoms with Crippen molar-refractivity contribution < 1.29 is 14.5 Å². The fourth-order valence-corrected chi connectivity index (χ4v) is 2.49. The molecule has 5 heteroatoms. The van der Waals surface area contributed by atoms with Gasteiger partial charge in [-0.3, -0.25) is 14.9 Å². The second-order valence-corrected chi connectivity index (χ2v) is 5.48. The molecule has 21 heavy (non-hydrogen) atoms. The Kier molecular flexibility index (Phi) is 4.73. The zero-order valence-corrected chi connectivity index (χ0v) is 12.2. The summed E-state index contributed by atoms with van der Waals surface area (Å²) >= 11 is 0. The topological polar surface area (TPSA) is 69.4 Å². The van der Waals surface area contributed by atoms with Crippen LogP contribution in [-0.4, -0.2) is 17.3 Å². The molecular weight excluding hydrogens is 270 g/mol. The Morgan fingerprint density at radius 2 is 2.10 bits per heavy atom. The van der Waals surface area contributed by atoms with Crippen molar-refractivity contribution in [1.29, 1.82) is 0 Å². The molecule has 0 saturated carbocycles. The second-order valence-electron chi connectivity index (χ2n) is 5.48. The maximum atomic E-state index is 11.4.